The minimum Gasteiger partial charge on any atom is -0.286 e. The summed E-state index contributed by atoms with van der Waals surface area (Å²) in [5, 5.41) is 8.09. The molecular weight excluding hydrogens is 234 g/mol. The third kappa shape index (κ3) is 4.91. The summed E-state index contributed by atoms with van der Waals surface area (Å²) in [4.78, 5) is 4.31. The highest BCUT2D eigenvalue weighted by molar-refractivity contribution is 6.29. The third-order valence-corrected chi connectivity index (χ3v) is 2.47. The highest BCUT2D eigenvalue weighted by Gasteiger charge is 1.94. The van der Waals surface area contributed by atoms with Gasteiger partial charge in [0.2, 0.25) is 0 Å². The van der Waals surface area contributed by atoms with E-state index in [9.17, 15) is 0 Å². The molecule has 1 aromatic heterocycles. The molecule has 0 aliphatic heterocycles. The molecule has 1 aromatic rings. The third-order valence-electron chi connectivity index (χ3n) is 2.26. The van der Waals surface area contributed by atoms with Gasteiger partial charge in [0.05, 0.1) is 12.2 Å². The molecule has 90 valence electrons. The molecule has 1 heterocycles. The van der Waals surface area contributed by atoms with Crippen LogP contribution in [0, 0.1) is 0 Å². The molecule has 0 aromatic carbocycles. The van der Waals surface area contributed by atoms with E-state index in [2.05, 4.69) is 28.2 Å². The minimum atomic E-state index is 0.401. The number of hydrogen-bond donors (Lipinski definition) is 0. The van der Waals surface area contributed by atoms with Crippen molar-refractivity contribution in [1.29, 1.82) is 0 Å². The number of hydrogen-bond acceptors (Lipinski definition) is 3. The largest absolute Gasteiger partial charge is 0.286 e. The van der Waals surface area contributed by atoms with Crippen LogP contribution in [0.1, 0.15) is 26.5 Å². The zero-order valence-electron chi connectivity index (χ0n) is 10.3. The SMILES string of the molecule is CC=C/C(C)=C(/C)C=NCc1ccc(Cl)nn1. The van der Waals surface area contributed by atoms with E-state index in [1.807, 2.05) is 32.2 Å². The first-order valence-electron chi connectivity index (χ1n) is 5.41. The van der Waals surface area contributed by atoms with Crippen LogP contribution in [-0.4, -0.2) is 16.4 Å². The smallest absolute Gasteiger partial charge is 0.151 e. The van der Waals surface area contributed by atoms with Crippen LogP contribution in [0.4, 0.5) is 0 Å². The summed E-state index contributed by atoms with van der Waals surface area (Å²) in [6.45, 7) is 6.61. The van der Waals surface area contributed by atoms with E-state index in [4.69, 9.17) is 11.6 Å². The Morgan fingerprint density at radius 1 is 1.29 bits per heavy atom. The van der Waals surface area contributed by atoms with Gasteiger partial charge >= 0.3 is 0 Å². The molecule has 0 aliphatic carbocycles. The van der Waals surface area contributed by atoms with Gasteiger partial charge < -0.3 is 0 Å². The van der Waals surface area contributed by atoms with Gasteiger partial charge in [0, 0.05) is 6.21 Å². The molecule has 0 saturated heterocycles. The van der Waals surface area contributed by atoms with E-state index in [1.54, 1.807) is 6.07 Å². The van der Waals surface area contributed by atoms with E-state index >= 15 is 0 Å². The van der Waals surface area contributed by atoms with E-state index in [-0.39, 0.29) is 0 Å². The Balaban J connectivity index is 2.61. The first-order valence-corrected chi connectivity index (χ1v) is 5.79. The van der Waals surface area contributed by atoms with Gasteiger partial charge in [-0.25, -0.2) is 0 Å². The second-order valence-electron chi connectivity index (χ2n) is 3.68. The molecule has 0 unspecified atom stereocenters. The lowest BCUT2D eigenvalue weighted by Gasteiger charge is -1.97. The molecular formula is C13H16ClN3. The predicted molar refractivity (Wildman–Crippen MR) is 72.4 cm³/mol. The first kappa shape index (κ1) is 13.6. The lowest BCUT2D eigenvalue weighted by Crippen LogP contribution is -1.91. The fraction of sp³-hybridized carbons (Fsp3) is 0.308. The van der Waals surface area contributed by atoms with Gasteiger partial charge in [-0.1, -0.05) is 23.8 Å². The summed E-state index contributed by atoms with van der Waals surface area (Å²) in [5.74, 6) is 0. The maximum absolute atomic E-state index is 5.65. The summed E-state index contributed by atoms with van der Waals surface area (Å²) in [6, 6.07) is 3.54. The van der Waals surface area contributed by atoms with Gasteiger partial charge in [0.1, 0.15) is 0 Å². The highest BCUT2D eigenvalue weighted by Crippen LogP contribution is 2.05. The molecule has 4 heteroatoms. The Hall–Kier alpha value is -1.48. The Bertz CT molecular complexity index is 444. The van der Waals surface area contributed by atoms with Crippen LogP contribution in [0.3, 0.4) is 0 Å². The average molecular weight is 250 g/mol. The number of nitrogens with zero attached hydrogens (tertiary/aromatic N) is 3. The van der Waals surface area contributed by atoms with E-state index < -0.39 is 0 Å². The minimum absolute atomic E-state index is 0.401. The van der Waals surface area contributed by atoms with Crippen LogP contribution in [0.15, 0.2) is 40.4 Å². The summed E-state index contributed by atoms with van der Waals surface area (Å²) in [5.41, 5.74) is 3.16. The Morgan fingerprint density at radius 3 is 2.65 bits per heavy atom. The van der Waals surface area contributed by atoms with Gasteiger partial charge in [0.25, 0.3) is 0 Å². The molecule has 0 fully saturated rings. The fourth-order valence-corrected chi connectivity index (χ4v) is 1.29. The van der Waals surface area contributed by atoms with Crippen molar-refractivity contribution in [2.24, 2.45) is 4.99 Å². The summed E-state index contributed by atoms with van der Waals surface area (Å²) in [7, 11) is 0. The summed E-state index contributed by atoms with van der Waals surface area (Å²) >= 11 is 5.65. The molecule has 0 N–H and O–H groups in total. The normalized spacial score (nSPS) is 13.4. The fourth-order valence-electron chi connectivity index (χ4n) is 1.19. The Labute approximate surface area is 107 Å². The van der Waals surface area contributed by atoms with E-state index in [1.165, 1.54) is 5.57 Å². The maximum Gasteiger partial charge on any atom is 0.151 e. The van der Waals surface area contributed by atoms with Gasteiger partial charge in [-0.05, 0) is 44.1 Å². The van der Waals surface area contributed by atoms with Gasteiger partial charge in [0.15, 0.2) is 5.15 Å². The van der Waals surface area contributed by atoms with Gasteiger partial charge in [-0.3, -0.25) is 4.99 Å². The van der Waals surface area contributed by atoms with Crippen LogP contribution < -0.4 is 0 Å². The lowest BCUT2D eigenvalue weighted by atomic mass is 10.1. The molecule has 0 spiro atoms. The summed E-state index contributed by atoms with van der Waals surface area (Å²) < 4.78 is 0. The van der Waals surface area contributed by atoms with Gasteiger partial charge in [-0.2, -0.15) is 5.10 Å². The standard InChI is InChI=1S/C13H16ClN3/c1-4-5-10(2)11(3)8-15-9-12-6-7-13(14)17-16-12/h4-8H,9H2,1-3H3/b5-4?,11-10-,15-8?. The molecule has 17 heavy (non-hydrogen) atoms. The molecule has 0 radical (unpaired) electrons. The Kier molecular flexibility index (Phi) is 5.57. The van der Waals surface area contributed by atoms with Crippen molar-refractivity contribution < 1.29 is 0 Å². The zero-order valence-corrected chi connectivity index (χ0v) is 11.1. The van der Waals surface area contributed by atoms with Crippen LogP contribution in [-0.2, 0) is 6.54 Å². The number of rotatable bonds is 4. The van der Waals surface area contributed by atoms with E-state index in [0.29, 0.717) is 11.7 Å². The molecule has 0 aliphatic rings. The van der Waals surface area contributed by atoms with Crippen LogP contribution >= 0.6 is 11.6 Å². The zero-order chi connectivity index (χ0) is 12.7. The second kappa shape index (κ2) is 6.97. The van der Waals surface area contributed by atoms with Crippen molar-refractivity contribution in [2.45, 2.75) is 27.3 Å². The maximum atomic E-state index is 5.65. The highest BCUT2D eigenvalue weighted by atomic mass is 35.5. The Morgan fingerprint density at radius 2 is 2.06 bits per heavy atom. The van der Waals surface area contributed by atoms with Crippen molar-refractivity contribution in [1.82, 2.24) is 10.2 Å². The summed E-state index contributed by atoms with van der Waals surface area (Å²) in [6.07, 6.45) is 5.92. The van der Waals surface area contributed by atoms with Crippen LogP contribution in [0.5, 0.6) is 0 Å². The number of aromatic nitrogens is 2. The monoisotopic (exact) mass is 249 g/mol. The molecule has 1 rings (SSSR count). The predicted octanol–water partition coefficient (Wildman–Crippen LogP) is 3.61. The average Bonchev–Trinajstić information content (AvgIpc) is 2.32. The molecule has 0 amide bonds. The van der Waals surface area contributed by atoms with Crippen LogP contribution in [0.25, 0.3) is 0 Å². The van der Waals surface area contributed by atoms with Gasteiger partial charge in [-0.15, -0.1) is 5.10 Å². The second-order valence-corrected chi connectivity index (χ2v) is 4.07. The topological polar surface area (TPSA) is 38.1 Å². The van der Waals surface area contributed by atoms with E-state index in [0.717, 1.165) is 11.3 Å². The lowest BCUT2D eigenvalue weighted by molar-refractivity contribution is 0.901. The quantitative estimate of drug-likeness (QED) is 0.604. The number of allylic oxidation sites excluding steroid dienone is 4. The molecule has 0 atom stereocenters. The molecule has 0 saturated carbocycles. The van der Waals surface area contributed by atoms with Crippen molar-refractivity contribution >= 4 is 17.8 Å². The number of aliphatic imine (C=N–C) groups is 1. The van der Waals surface area contributed by atoms with Crippen molar-refractivity contribution in [3.05, 3.63) is 46.3 Å². The van der Waals surface area contributed by atoms with Crippen LogP contribution in [0.2, 0.25) is 5.15 Å². The van der Waals surface area contributed by atoms with Crippen molar-refractivity contribution in [3.8, 4) is 0 Å². The first-order chi connectivity index (χ1) is 8.13. The van der Waals surface area contributed by atoms with Crippen molar-refractivity contribution in [3.63, 3.8) is 0 Å². The number of halogens is 1. The molecule has 3 nitrogen and oxygen atoms in total. The molecule has 0 bridgehead atoms. The van der Waals surface area contributed by atoms with Crippen molar-refractivity contribution in [2.75, 3.05) is 0 Å².